The minimum Gasteiger partial charge on any atom is -0.392 e. The summed E-state index contributed by atoms with van der Waals surface area (Å²) in [5.41, 5.74) is 1.73. The first kappa shape index (κ1) is 11.5. The number of aliphatic hydroxyl groups is 1. The van der Waals surface area contributed by atoms with Crippen LogP contribution >= 0.6 is 11.6 Å². The number of halogens is 1. The van der Waals surface area contributed by atoms with Crippen molar-refractivity contribution in [2.75, 3.05) is 0 Å². The highest BCUT2D eigenvalue weighted by Gasteiger charge is 2.17. The number of nitrogens with zero attached hydrogens (tertiary/aromatic N) is 2. The summed E-state index contributed by atoms with van der Waals surface area (Å²) < 4.78 is 1.74. The second-order valence-electron chi connectivity index (χ2n) is 3.99. The molecule has 0 aliphatic heterocycles. The fraction of sp³-hybridized carbons (Fsp3) is 0.700. The van der Waals surface area contributed by atoms with Gasteiger partial charge in [-0.2, -0.15) is 5.10 Å². The van der Waals surface area contributed by atoms with Crippen LogP contribution in [0.1, 0.15) is 25.2 Å². The van der Waals surface area contributed by atoms with Crippen LogP contribution in [-0.2, 0) is 13.5 Å². The Bertz CT molecular complexity index is 320. The maximum atomic E-state index is 9.74. The van der Waals surface area contributed by atoms with E-state index in [0.29, 0.717) is 11.4 Å². The molecule has 1 heterocycles. The van der Waals surface area contributed by atoms with E-state index in [0.717, 1.165) is 11.4 Å². The summed E-state index contributed by atoms with van der Waals surface area (Å²) in [4.78, 5) is 0. The van der Waals surface area contributed by atoms with Crippen LogP contribution in [0.4, 0.5) is 0 Å². The number of hydrogen-bond acceptors (Lipinski definition) is 2. The number of hydrogen-bond donors (Lipinski definition) is 1. The van der Waals surface area contributed by atoms with Gasteiger partial charge in [-0.15, -0.1) is 0 Å². The molecule has 1 rings (SSSR count). The second kappa shape index (κ2) is 4.32. The van der Waals surface area contributed by atoms with Crippen molar-refractivity contribution in [1.29, 1.82) is 0 Å². The van der Waals surface area contributed by atoms with Crippen molar-refractivity contribution in [3.63, 3.8) is 0 Å². The van der Waals surface area contributed by atoms with Gasteiger partial charge in [0.25, 0.3) is 0 Å². The van der Waals surface area contributed by atoms with Gasteiger partial charge in [-0.05, 0) is 12.8 Å². The third kappa shape index (κ3) is 2.28. The van der Waals surface area contributed by atoms with E-state index < -0.39 is 0 Å². The van der Waals surface area contributed by atoms with Crippen LogP contribution in [0, 0.1) is 12.8 Å². The lowest BCUT2D eigenvalue weighted by Gasteiger charge is -2.14. The summed E-state index contributed by atoms with van der Waals surface area (Å²) >= 11 is 6.07. The number of aryl methyl sites for hydroxylation is 2. The standard InChI is InChI=1S/C10H17ClN2O/c1-6(2)9(14)5-8-10(11)7(3)12-13(8)4/h6,9,14H,5H2,1-4H3. The topological polar surface area (TPSA) is 38.0 Å². The normalized spacial score (nSPS) is 13.6. The summed E-state index contributed by atoms with van der Waals surface area (Å²) in [6.45, 7) is 5.84. The predicted molar refractivity (Wildman–Crippen MR) is 57.5 cm³/mol. The molecule has 1 unspecified atom stereocenters. The van der Waals surface area contributed by atoms with E-state index in [1.165, 1.54) is 0 Å². The lowest BCUT2D eigenvalue weighted by Crippen LogP contribution is -2.19. The molecule has 1 aromatic rings. The Morgan fingerprint density at radius 2 is 2.07 bits per heavy atom. The van der Waals surface area contributed by atoms with Gasteiger partial charge >= 0.3 is 0 Å². The lowest BCUT2D eigenvalue weighted by atomic mass is 10.0. The van der Waals surface area contributed by atoms with E-state index in [2.05, 4.69) is 5.10 Å². The Kier molecular flexibility index (Phi) is 3.56. The second-order valence-corrected chi connectivity index (χ2v) is 4.36. The molecule has 0 aromatic carbocycles. The van der Waals surface area contributed by atoms with Gasteiger partial charge in [0.1, 0.15) is 0 Å². The minimum atomic E-state index is -0.359. The van der Waals surface area contributed by atoms with Gasteiger partial charge in [0.2, 0.25) is 0 Å². The van der Waals surface area contributed by atoms with Crippen molar-refractivity contribution in [2.45, 2.75) is 33.3 Å². The Hall–Kier alpha value is -0.540. The van der Waals surface area contributed by atoms with E-state index in [1.54, 1.807) is 4.68 Å². The van der Waals surface area contributed by atoms with Crippen molar-refractivity contribution in [3.05, 3.63) is 16.4 Å². The van der Waals surface area contributed by atoms with Crippen molar-refractivity contribution < 1.29 is 5.11 Å². The molecule has 0 aliphatic carbocycles. The van der Waals surface area contributed by atoms with E-state index in [4.69, 9.17) is 11.6 Å². The fourth-order valence-corrected chi connectivity index (χ4v) is 1.57. The zero-order valence-corrected chi connectivity index (χ0v) is 9.84. The SMILES string of the molecule is Cc1nn(C)c(CC(O)C(C)C)c1Cl. The van der Waals surface area contributed by atoms with Gasteiger partial charge in [0.05, 0.1) is 22.5 Å². The Morgan fingerprint density at radius 3 is 2.43 bits per heavy atom. The molecule has 80 valence electrons. The Balaban J connectivity index is 2.86. The lowest BCUT2D eigenvalue weighted by molar-refractivity contribution is 0.123. The molecular weight excluding hydrogens is 200 g/mol. The van der Waals surface area contributed by atoms with E-state index in [-0.39, 0.29) is 12.0 Å². The molecule has 0 saturated heterocycles. The van der Waals surface area contributed by atoms with Crippen LogP contribution in [-0.4, -0.2) is 21.0 Å². The summed E-state index contributed by atoms with van der Waals surface area (Å²) in [6, 6.07) is 0. The largest absolute Gasteiger partial charge is 0.392 e. The van der Waals surface area contributed by atoms with Crippen LogP contribution in [0.25, 0.3) is 0 Å². The van der Waals surface area contributed by atoms with E-state index in [9.17, 15) is 5.11 Å². The molecule has 0 aliphatic rings. The van der Waals surface area contributed by atoms with Gasteiger partial charge in [-0.1, -0.05) is 25.4 Å². The molecule has 0 saturated carbocycles. The molecule has 3 nitrogen and oxygen atoms in total. The number of rotatable bonds is 3. The van der Waals surface area contributed by atoms with Gasteiger partial charge in [-0.3, -0.25) is 4.68 Å². The summed E-state index contributed by atoms with van der Waals surface area (Å²) in [6.07, 6.45) is 0.204. The molecule has 1 atom stereocenters. The highest BCUT2D eigenvalue weighted by Crippen LogP contribution is 2.22. The van der Waals surface area contributed by atoms with Gasteiger partial charge < -0.3 is 5.11 Å². The molecule has 0 fully saturated rings. The zero-order chi connectivity index (χ0) is 10.9. The molecule has 0 amide bonds. The van der Waals surface area contributed by atoms with Gasteiger partial charge in [-0.25, -0.2) is 0 Å². The van der Waals surface area contributed by atoms with Crippen molar-refractivity contribution in [2.24, 2.45) is 13.0 Å². The number of aromatic nitrogens is 2. The van der Waals surface area contributed by atoms with Gasteiger partial charge in [0, 0.05) is 13.5 Å². The Labute approximate surface area is 89.7 Å². The van der Waals surface area contributed by atoms with Crippen molar-refractivity contribution in [1.82, 2.24) is 9.78 Å². The smallest absolute Gasteiger partial charge is 0.0847 e. The maximum Gasteiger partial charge on any atom is 0.0847 e. The quantitative estimate of drug-likeness (QED) is 0.839. The van der Waals surface area contributed by atoms with Crippen LogP contribution in [0.3, 0.4) is 0 Å². The first-order valence-electron chi connectivity index (χ1n) is 4.79. The minimum absolute atomic E-state index is 0.237. The number of aliphatic hydroxyl groups excluding tert-OH is 1. The molecule has 1 aromatic heterocycles. The predicted octanol–water partition coefficient (Wildman–Crippen LogP) is 1.94. The highest BCUT2D eigenvalue weighted by atomic mass is 35.5. The van der Waals surface area contributed by atoms with Crippen LogP contribution in [0.15, 0.2) is 0 Å². The molecule has 4 heteroatoms. The van der Waals surface area contributed by atoms with Crippen molar-refractivity contribution in [3.8, 4) is 0 Å². The maximum absolute atomic E-state index is 9.74. The monoisotopic (exact) mass is 216 g/mol. The molecule has 0 radical (unpaired) electrons. The van der Waals surface area contributed by atoms with Crippen LogP contribution in [0.2, 0.25) is 5.02 Å². The van der Waals surface area contributed by atoms with Crippen molar-refractivity contribution >= 4 is 11.6 Å². The molecule has 0 spiro atoms. The first-order chi connectivity index (χ1) is 6.43. The summed E-state index contributed by atoms with van der Waals surface area (Å²) in [5.74, 6) is 0.237. The average molecular weight is 217 g/mol. The third-order valence-electron chi connectivity index (χ3n) is 2.43. The average Bonchev–Trinajstić information content (AvgIpc) is 2.32. The highest BCUT2D eigenvalue weighted by molar-refractivity contribution is 6.31. The fourth-order valence-electron chi connectivity index (χ4n) is 1.34. The molecule has 1 N–H and O–H groups in total. The van der Waals surface area contributed by atoms with E-state index in [1.807, 2.05) is 27.8 Å². The van der Waals surface area contributed by atoms with Crippen LogP contribution < -0.4 is 0 Å². The zero-order valence-electron chi connectivity index (χ0n) is 9.08. The van der Waals surface area contributed by atoms with Gasteiger partial charge in [0.15, 0.2) is 0 Å². The Morgan fingerprint density at radius 1 is 1.50 bits per heavy atom. The van der Waals surface area contributed by atoms with Crippen LogP contribution in [0.5, 0.6) is 0 Å². The summed E-state index contributed by atoms with van der Waals surface area (Å²) in [5, 5.41) is 14.6. The molecular formula is C10H17ClN2O. The third-order valence-corrected chi connectivity index (χ3v) is 2.93. The first-order valence-corrected chi connectivity index (χ1v) is 5.17. The van der Waals surface area contributed by atoms with E-state index >= 15 is 0 Å². The summed E-state index contributed by atoms with van der Waals surface area (Å²) in [7, 11) is 1.85. The molecule has 0 bridgehead atoms. The molecule has 14 heavy (non-hydrogen) atoms.